The lowest BCUT2D eigenvalue weighted by atomic mass is 10.2. The number of hydrogen-bond acceptors (Lipinski definition) is 2. The van der Waals surface area contributed by atoms with Crippen LogP contribution in [0.15, 0.2) is 22.7 Å². The van der Waals surface area contributed by atoms with Crippen LogP contribution in [0.25, 0.3) is 0 Å². The van der Waals surface area contributed by atoms with Crippen LogP contribution in [0.1, 0.15) is 18.3 Å². The van der Waals surface area contributed by atoms with Crippen LogP contribution in [0.5, 0.6) is 0 Å². The molecule has 3 nitrogen and oxygen atoms in total. The van der Waals surface area contributed by atoms with E-state index >= 15 is 0 Å². The van der Waals surface area contributed by atoms with Crippen molar-refractivity contribution in [3.8, 4) is 0 Å². The molecule has 0 saturated carbocycles. The molecule has 0 unspecified atom stereocenters. The Balaban J connectivity index is 2.19. The van der Waals surface area contributed by atoms with Gasteiger partial charge >= 0.3 is 0 Å². The van der Waals surface area contributed by atoms with Crippen molar-refractivity contribution in [3.63, 3.8) is 0 Å². The van der Waals surface area contributed by atoms with E-state index in [9.17, 15) is 8.78 Å². The summed E-state index contributed by atoms with van der Waals surface area (Å²) in [4.78, 5) is 0. The predicted octanol–water partition coefficient (Wildman–Crippen LogP) is 3.64. The molecule has 2 aromatic rings. The zero-order chi connectivity index (χ0) is 14.0. The number of benzene rings is 1. The van der Waals surface area contributed by atoms with E-state index in [-0.39, 0.29) is 5.69 Å². The number of halogens is 3. The van der Waals surface area contributed by atoms with Gasteiger partial charge in [-0.2, -0.15) is 5.10 Å². The van der Waals surface area contributed by atoms with Crippen LogP contribution in [0.4, 0.5) is 14.5 Å². The van der Waals surface area contributed by atoms with E-state index in [4.69, 9.17) is 0 Å². The zero-order valence-electron chi connectivity index (χ0n) is 10.7. The fraction of sp³-hybridized carbons (Fsp3) is 0.308. The fourth-order valence-corrected chi connectivity index (χ4v) is 2.58. The van der Waals surface area contributed by atoms with Crippen LogP contribution < -0.4 is 5.32 Å². The first-order valence-corrected chi connectivity index (χ1v) is 6.71. The second-order valence-electron chi connectivity index (χ2n) is 4.16. The molecule has 1 heterocycles. The Bertz CT molecular complexity index is 596. The van der Waals surface area contributed by atoms with Gasteiger partial charge in [-0.05, 0) is 40.5 Å². The molecule has 0 saturated heterocycles. The van der Waals surface area contributed by atoms with Gasteiger partial charge < -0.3 is 5.32 Å². The van der Waals surface area contributed by atoms with Gasteiger partial charge in [-0.3, -0.25) is 4.68 Å². The molecule has 0 fully saturated rings. The number of hydrogen-bond donors (Lipinski definition) is 1. The van der Waals surface area contributed by atoms with Crippen molar-refractivity contribution < 1.29 is 8.78 Å². The highest BCUT2D eigenvalue weighted by Gasteiger charge is 2.13. The average Bonchev–Trinajstić information content (AvgIpc) is 2.66. The van der Waals surface area contributed by atoms with Crippen molar-refractivity contribution in [2.24, 2.45) is 7.05 Å². The van der Waals surface area contributed by atoms with E-state index in [1.807, 2.05) is 14.0 Å². The Hall–Kier alpha value is -1.43. The van der Waals surface area contributed by atoms with E-state index in [1.165, 1.54) is 0 Å². The molecular weight excluding hydrogens is 316 g/mol. The number of nitrogens with one attached hydrogen (secondary N) is 1. The lowest BCUT2D eigenvalue weighted by molar-refractivity contribution is 0.601. The average molecular weight is 330 g/mol. The van der Waals surface area contributed by atoms with Crippen LogP contribution in [-0.4, -0.2) is 9.78 Å². The predicted molar refractivity (Wildman–Crippen MR) is 74.0 cm³/mol. The van der Waals surface area contributed by atoms with Crippen LogP contribution in [0.3, 0.4) is 0 Å². The smallest absolute Gasteiger partial charge is 0.146 e. The van der Waals surface area contributed by atoms with E-state index in [2.05, 4.69) is 26.3 Å². The van der Waals surface area contributed by atoms with Crippen molar-refractivity contribution >= 4 is 21.6 Å². The second-order valence-corrected chi connectivity index (χ2v) is 4.96. The molecular formula is C13H14BrF2N3. The molecule has 102 valence electrons. The molecule has 1 aromatic heterocycles. The quantitative estimate of drug-likeness (QED) is 0.928. The molecule has 0 aliphatic rings. The highest BCUT2D eigenvalue weighted by Crippen LogP contribution is 2.23. The maximum absolute atomic E-state index is 13.5. The van der Waals surface area contributed by atoms with E-state index < -0.39 is 11.6 Å². The van der Waals surface area contributed by atoms with Crippen LogP contribution in [-0.2, 0) is 20.0 Å². The van der Waals surface area contributed by atoms with Crippen molar-refractivity contribution in [2.75, 3.05) is 5.32 Å². The lowest BCUT2D eigenvalue weighted by Crippen LogP contribution is -2.07. The first kappa shape index (κ1) is 14.0. The first-order chi connectivity index (χ1) is 9.02. The highest BCUT2D eigenvalue weighted by molar-refractivity contribution is 9.10. The molecule has 0 radical (unpaired) electrons. The third-order valence-corrected chi connectivity index (χ3v) is 3.79. The number of nitrogens with zero attached hydrogens (tertiary/aromatic N) is 2. The lowest BCUT2D eigenvalue weighted by Gasteiger charge is -2.08. The zero-order valence-corrected chi connectivity index (χ0v) is 12.3. The van der Waals surface area contributed by atoms with E-state index in [0.29, 0.717) is 6.54 Å². The Morgan fingerprint density at radius 3 is 2.74 bits per heavy atom. The summed E-state index contributed by atoms with van der Waals surface area (Å²) in [6, 6.07) is 3.34. The second kappa shape index (κ2) is 5.69. The summed E-state index contributed by atoms with van der Waals surface area (Å²) in [6.45, 7) is 2.38. The van der Waals surface area contributed by atoms with Gasteiger partial charge in [-0.1, -0.05) is 6.92 Å². The Labute approximate surface area is 118 Å². The Morgan fingerprint density at radius 2 is 2.11 bits per heavy atom. The summed E-state index contributed by atoms with van der Waals surface area (Å²) in [7, 11) is 1.82. The minimum atomic E-state index is -0.476. The number of rotatable bonds is 4. The summed E-state index contributed by atoms with van der Waals surface area (Å²) in [6.07, 6.45) is 0.808. The number of aryl methyl sites for hydroxylation is 2. The van der Waals surface area contributed by atoms with Gasteiger partial charge in [-0.25, -0.2) is 8.78 Å². The summed E-state index contributed by atoms with van der Waals surface area (Å²) in [5, 5.41) is 7.23. The molecule has 2 rings (SSSR count). The summed E-state index contributed by atoms with van der Waals surface area (Å²) in [5.74, 6) is -0.947. The Kier molecular flexibility index (Phi) is 4.19. The van der Waals surface area contributed by atoms with Gasteiger partial charge in [0, 0.05) is 7.05 Å². The molecule has 6 heteroatoms. The van der Waals surface area contributed by atoms with Gasteiger partial charge in [0.1, 0.15) is 11.6 Å². The fourth-order valence-electron chi connectivity index (χ4n) is 1.82. The largest absolute Gasteiger partial charge is 0.377 e. The molecule has 0 aliphatic heterocycles. The highest BCUT2D eigenvalue weighted by atomic mass is 79.9. The van der Waals surface area contributed by atoms with Gasteiger partial charge in [0.15, 0.2) is 0 Å². The topological polar surface area (TPSA) is 29.9 Å². The molecule has 1 N–H and O–H groups in total. The van der Waals surface area contributed by atoms with Crippen LogP contribution >= 0.6 is 15.9 Å². The third kappa shape index (κ3) is 2.94. The molecule has 0 atom stereocenters. The standard InChI is InChI=1S/C13H14BrF2N3/c1-3-10-13(14)12(19(2)18-10)7-17-11-6-8(15)4-5-9(11)16/h4-6,17H,3,7H2,1-2H3. The van der Waals surface area contributed by atoms with Crippen LogP contribution in [0, 0.1) is 11.6 Å². The molecule has 0 spiro atoms. The minimum Gasteiger partial charge on any atom is -0.377 e. The summed E-state index contributed by atoms with van der Waals surface area (Å²) >= 11 is 3.48. The maximum Gasteiger partial charge on any atom is 0.146 e. The number of aromatic nitrogens is 2. The van der Waals surface area contributed by atoms with Crippen molar-refractivity contribution in [3.05, 3.63) is 45.7 Å². The third-order valence-electron chi connectivity index (χ3n) is 2.88. The minimum absolute atomic E-state index is 0.145. The maximum atomic E-state index is 13.5. The monoisotopic (exact) mass is 329 g/mol. The molecule has 0 amide bonds. The first-order valence-electron chi connectivity index (χ1n) is 5.92. The van der Waals surface area contributed by atoms with Gasteiger partial charge in [0.05, 0.1) is 28.1 Å². The van der Waals surface area contributed by atoms with Crippen molar-refractivity contribution in [2.45, 2.75) is 19.9 Å². The van der Waals surface area contributed by atoms with Gasteiger partial charge in [-0.15, -0.1) is 0 Å². The van der Waals surface area contributed by atoms with Crippen LogP contribution in [0.2, 0.25) is 0 Å². The molecule has 1 aromatic carbocycles. The SMILES string of the molecule is CCc1nn(C)c(CNc2cc(F)ccc2F)c1Br. The molecule has 0 aliphatic carbocycles. The molecule has 0 bridgehead atoms. The van der Waals surface area contributed by atoms with Gasteiger partial charge in [0.2, 0.25) is 0 Å². The van der Waals surface area contributed by atoms with E-state index in [1.54, 1.807) is 4.68 Å². The summed E-state index contributed by atoms with van der Waals surface area (Å²) < 4.78 is 29.2. The number of anilines is 1. The van der Waals surface area contributed by atoms with Crippen molar-refractivity contribution in [1.29, 1.82) is 0 Å². The van der Waals surface area contributed by atoms with Gasteiger partial charge in [0.25, 0.3) is 0 Å². The van der Waals surface area contributed by atoms with Crippen molar-refractivity contribution in [1.82, 2.24) is 9.78 Å². The van der Waals surface area contributed by atoms with E-state index in [0.717, 1.165) is 40.5 Å². The Morgan fingerprint density at radius 1 is 1.37 bits per heavy atom. The summed E-state index contributed by atoms with van der Waals surface area (Å²) in [5.41, 5.74) is 1.98. The molecule has 19 heavy (non-hydrogen) atoms. The normalized spacial score (nSPS) is 10.8.